The van der Waals surface area contributed by atoms with Crippen LogP contribution in [0.4, 0.5) is 5.69 Å². The molecule has 0 saturated heterocycles. The molecule has 0 bridgehead atoms. The van der Waals surface area contributed by atoms with E-state index in [0.717, 1.165) is 0 Å². The van der Waals surface area contributed by atoms with Gasteiger partial charge in [-0.2, -0.15) is 0 Å². The molecule has 116 valence electrons. The highest BCUT2D eigenvalue weighted by atomic mass is 32.1. The number of thiazole rings is 1. The van der Waals surface area contributed by atoms with Crippen LogP contribution in [0, 0.1) is 6.92 Å². The van der Waals surface area contributed by atoms with Crippen LogP contribution in [0.5, 0.6) is 0 Å². The van der Waals surface area contributed by atoms with Crippen molar-refractivity contribution in [2.24, 2.45) is 0 Å². The van der Waals surface area contributed by atoms with E-state index in [-0.39, 0.29) is 5.91 Å². The van der Waals surface area contributed by atoms with Crippen LogP contribution in [0.15, 0.2) is 35.8 Å². The summed E-state index contributed by atoms with van der Waals surface area (Å²) in [7, 11) is 1.33. The minimum atomic E-state index is -0.665. The normalized spacial score (nSPS) is 11.8. The van der Waals surface area contributed by atoms with Crippen LogP contribution in [0.25, 0.3) is 0 Å². The third-order valence-corrected chi connectivity index (χ3v) is 4.28. The molecular formula is C16H18N2O3S. The number of carbonyl (C=O) groups excluding carboxylic acids is 2. The van der Waals surface area contributed by atoms with E-state index in [1.165, 1.54) is 23.3 Å². The zero-order valence-electron chi connectivity index (χ0n) is 12.8. The fraction of sp³-hybridized carbons (Fsp3) is 0.312. The van der Waals surface area contributed by atoms with Crippen molar-refractivity contribution >= 4 is 28.9 Å². The van der Waals surface area contributed by atoms with E-state index < -0.39 is 12.0 Å². The van der Waals surface area contributed by atoms with E-state index in [1.807, 2.05) is 25.1 Å². The van der Waals surface area contributed by atoms with Gasteiger partial charge in [0.15, 0.2) is 0 Å². The first-order valence-electron chi connectivity index (χ1n) is 6.96. The molecule has 22 heavy (non-hydrogen) atoms. The van der Waals surface area contributed by atoms with Crippen LogP contribution in [0.1, 0.15) is 28.7 Å². The lowest BCUT2D eigenvalue weighted by Gasteiger charge is -2.29. The Morgan fingerprint density at radius 3 is 2.50 bits per heavy atom. The van der Waals surface area contributed by atoms with Gasteiger partial charge in [-0.25, -0.2) is 9.78 Å². The molecule has 0 unspecified atom stereocenters. The lowest BCUT2D eigenvalue weighted by molar-refractivity contribution is -0.142. The number of carbonyl (C=O) groups is 2. The summed E-state index contributed by atoms with van der Waals surface area (Å²) in [6, 6.07) is 8.47. The quantitative estimate of drug-likeness (QED) is 0.795. The number of hydrogen-bond acceptors (Lipinski definition) is 5. The maximum atomic E-state index is 12.9. The molecule has 0 aliphatic heterocycles. The number of amides is 1. The van der Waals surface area contributed by atoms with Crippen LogP contribution in [0.3, 0.4) is 0 Å². The molecule has 0 N–H and O–H groups in total. The van der Waals surface area contributed by atoms with Gasteiger partial charge in [0.05, 0.1) is 18.3 Å². The van der Waals surface area contributed by atoms with Crippen molar-refractivity contribution in [1.82, 2.24) is 4.98 Å². The summed E-state index contributed by atoms with van der Waals surface area (Å²) in [4.78, 5) is 31.2. The molecule has 1 amide bonds. The molecule has 0 spiro atoms. The number of esters is 1. The van der Waals surface area contributed by atoms with Crippen molar-refractivity contribution in [2.45, 2.75) is 26.3 Å². The first kappa shape index (κ1) is 16.2. The molecule has 0 saturated carbocycles. The van der Waals surface area contributed by atoms with Gasteiger partial charge in [-0.3, -0.25) is 9.69 Å². The first-order valence-corrected chi connectivity index (χ1v) is 7.84. The summed E-state index contributed by atoms with van der Waals surface area (Å²) >= 11 is 1.27. The number of benzene rings is 1. The van der Waals surface area contributed by atoms with E-state index in [9.17, 15) is 9.59 Å². The Labute approximate surface area is 133 Å². The number of hydrogen-bond donors (Lipinski definition) is 0. The molecule has 0 radical (unpaired) electrons. The Morgan fingerprint density at radius 2 is 2.00 bits per heavy atom. The van der Waals surface area contributed by atoms with Gasteiger partial charge >= 0.3 is 5.97 Å². The molecule has 2 aromatic rings. The molecular weight excluding hydrogens is 300 g/mol. The Morgan fingerprint density at radius 1 is 1.32 bits per heavy atom. The van der Waals surface area contributed by atoms with Gasteiger partial charge in [0, 0.05) is 5.69 Å². The lowest BCUT2D eigenvalue weighted by atomic mass is 10.1. The summed E-state index contributed by atoms with van der Waals surface area (Å²) < 4.78 is 4.86. The predicted octanol–water partition coefficient (Wildman–Crippen LogP) is 3.05. The second-order valence-electron chi connectivity index (χ2n) is 4.72. The van der Waals surface area contributed by atoms with Crippen LogP contribution in [-0.4, -0.2) is 30.0 Å². The summed E-state index contributed by atoms with van der Waals surface area (Å²) in [5.41, 5.74) is 2.96. The van der Waals surface area contributed by atoms with Crippen LogP contribution >= 0.6 is 11.3 Å². The van der Waals surface area contributed by atoms with E-state index in [1.54, 1.807) is 24.6 Å². The van der Waals surface area contributed by atoms with E-state index in [0.29, 0.717) is 22.7 Å². The summed E-state index contributed by atoms with van der Waals surface area (Å²) in [6.07, 6.45) is 0.463. The van der Waals surface area contributed by atoms with Crippen LogP contribution in [-0.2, 0) is 9.53 Å². The molecule has 1 atom stereocenters. The van der Waals surface area contributed by atoms with Crippen molar-refractivity contribution in [2.75, 3.05) is 12.0 Å². The fourth-order valence-corrected chi connectivity index (χ4v) is 2.97. The average Bonchev–Trinajstić information content (AvgIpc) is 2.98. The van der Waals surface area contributed by atoms with Gasteiger partial charge in [-0.05, 0) is 25.5 Å². The molecule has 0 fully saturated rings. The van der Waals surface area contributed by atoms with Crippen molar-refractivity contribution in [3.8, 4) is 0 Å². The number of methoxy groups -OCH3 is 1. The number of para-hydroxylation sites is 1. The third-order valence-electron chi connectivity index (χ3n) is 3.36. The van der Waals surface area contributed by atoms with Gasteiger partial charge in [0.25, 0.3) is 5.91 Å². The lowest BCUT2D eigenvalue weighted by Crippen LogP contribution is -2.45. The highest BCUT2D eigenvalue weighted by Crippen LogP contribution is 2.25. The monoisotopic (exact) mass is 318 g/mol. The zero-order valence-corrected chi connectivity index (χ0v) is 13.6. The van der Waals surface area contributed by atoms with Gasteiger partial charge in [-0.1, -0.05) is 25.1 Å². The Bertz CT molecular complexity index is 654. The van der Waals surface area contributed by atoms with Crippen LogP contribution in [0.2, 0.25) is 0 Å². The number of rotatable bonds is 5. The maximum Gasteiger partial charge on any atom is 0.328 e. The Balaban J connectivity index is 2.48. The third kappa shape index (κ3) is 3.17. The highest BCUT2D eigenvalue weighted by Gasteiger charge is 2.32. The molecule has 0 aliphatic rings. The zero-order chi connectivity index (χ0) is 16.1. The van der Waals surface area contributed by atoms with Crippen molar-refractivity contribution in [3.05, 3.63) is 46.4 Å². The van der Waals surface area contributed by atoms with Crippen molar-refractivity contribution in [1.29, 1.82) is 0 Å². The number of ether oxygens (including phenoxy) is 1. The maximum absolute atomic E-state index is 12.9. The van der Waals surface area contributed by atoms with Gasteiger partial charge in [0.2, 0.25) is 0 Å². The second-order valence-corrected chi connectivity index (χ2v) is 5.58. The minimum absolute atomic E-state index is 0.233. The topological polar surface area (TPSA) is 59.5 Å². The molecule has 1 aromatic carbocycles. The Hall–Kier alpha value is -2.21. The van der Waals surface area contributed by atoms with E-state index in [4.69, 9.17) is 4.74 Å². The predicted molar refractivity (Wildman–Crippen MR) is 86.2 cm³/mol. The largest absolute Gasteiger partial charge is 0.467 e. The molecule has 1 heterocycles. The summed E-state index contributed by atoms with van der Waals surface area (Å²) in [6.45, 7) is 3.64. The fourth-order valence-electron chi connectivity index (χ4n) is 2.23. The number of aromatic nitrogens is 1. The van der Waals surface area contributed by atoms with E-state index >= 15 is 0 Å². The number of aryl methyl sites for hydroxylation is 1. The van der Waals surface area contributed by atoms with E-state index in [2.05, 4.69) is 4.98 Å². The number of nitrogens with zero attached hydrogens (tertiary/aromatic N) is 2. The van der Waals surface area contributed by atoms with Gasteiger partial charge in [-0.15, -0.1) is 11.3 Å². The smallest absolute Gasteiger partial charge is 0.328 e. The SMILES string of the molecule is CC[C@@H](C(=O)OC)N(C(=O)c1scnc1C)c1ccccc1. The van der Waals surface area contributed by atoms with Gasteiger partial charge in [0.1, 0.15) is 10.9 Å². The van der Waals surface area contributed by atoms with Crippen molar-refractivity contribution in [3.63, 3.8) is 0 Å². The minimum Gasteiger partial charge on any atom is -0.467 e. The second kappa shape index (κ2) is 7.17. The standard InChI is InChI=1S/C16H18N2O3S/c1-4-13(16(20)21-3)18(12-8-6-5-7-9-12)15(19)14-11(2)17-10-22-14/h5-10,13H,4H2,1-3H3/t13-/m0/s1. The Kier molecular flexibility index (Phi) is 5.27. The molecule has 5 nitrogen and oxygen atoms in total. The molecule has 1 aromatic heterocycles. The highest BCUT2D eigenvalue weighted by molar-refractivity contribution is 7.12. The number of anilines is 1. The molecule has 2 rings (SSSR count). The van der Waals surface area contributed by atoms with Crippen molar-refractivity contribution < 1.29 is 14.3 Å². The summed E-state index contributed by atoms with van der Waals surface area (Å²) in [5.74, 6) is -0.662. The van der Waals surface area contributed by atoms with Gasteiger partial charge < -0.3 is 4.74 Å². The molecule has 0 aliphatic carbocycles. The summed E-state index contributed by atoms with van der Waals surface area (Å²) in [5, 5.41) is 0. The van der Waals surface area contributed by atoms with Crippen LogP contribution < -0.4 is 4.90 Å². The first-order chi connectivity index (χ1) is 10.6. The molecule has 6 heteroatoms. The average molecular weight is 318 g/mol.